The first-order chi connectivity index (χ1) is 9.93. The van der Waals surface area contributed by atoms with E-state index in [4.69, 9.17) is 5.84 Å². The number of nitrogens with two attached hydrogens (primary N) is 1. The molecule has 1 amide bonds. The number of rotatable bonds is 3. The molecule has 0 unspecified atom stereocenters. The topological polar surface area (TPSA) is 92.9 Å². The van der Waals surface area contributed by atoms with Crippen molar-refractivity contribution in [1.29, 1.82) is 0 Å². The van der Waals surface area contributed by atoms with Crippen LogP contribution in [0.1, 0.15) is 15.9 Å². The molecule has 0 atom stereocenters. The smallest absolute Gasteiger partial charge is 0.323 e. The Kier molecular flexibility index (Phi) is 4.03. The zero-order valence-corrected chi connectivity index (χ0v) is 10.5. The van der Waals surface area contributed by atoms with E-state index in [1.165, 1.54) is 24.4 Å². The van der Waals surface area contributed by atoms with Gasteiger partial charge in [-0.15, -0.1) is 5.10 Å². The van der Waals surface area contributed by atoms with E-state index >= 15 is 0 Å². The molecule has 6 nitrogen and oxygen atoms in total. The second-order valence-corrected chi connectivity index (χ2v) is 3.93. The first-order valence-electron chi connectivity index (χ1n) is 5.69. The fourth-order valence-electron chi connectivity index (χ4n) is 1.69. The lowest BCUT2D eigenvalue weighted by Gasteiger charge is -2.15. The van der Waals surface area contributed by atoms with Crippen molar-refractivity contribution < 1.29 is 18.0 Å². The lowest BCUT2D eigenvalue weighted by molar-refractivity contribution is -0.137. The predicted molar refractivity (Wildman–Crippen MR) is 69.2 cm³/mol. The molecule has 1 aromatic carbocycles. The molecular formula is C12H10F3N5O. The van der Waals surface area contributed by atoms with Crippen LogP contribution in [0.15, 0.2) is 36.5 Å². The van der Waals surface area contributed by atoms with Gasteiger partial charge in [0.25, 0.3) is 5.91 Å². The van der Waals surface area contributed by atoms with Crippen molar-refractivity contribution in [2.45, 2.75) is 6.18 Å². The quantitative estimate of drug-likeness (QED) is 0.595. The van der Waals surface area contributed by atoms with Crippen molar-refractivity contribution in [2.75, 3.05) is 10.7 Å². The normalized spacial score (nSPS) is 11.0. The molecule has 9 heteroatoms. The molecule has 0 fully saturated rings. The molecule has 0 aliphatic rings. The second-order valence-electron chi connectivity index (χ2n) is 3.93. The summed E-state index contributed by atoms with van der Waals surface area (Å²) in [7, 11) is 0. The van der Waals surface area contributed by atoms with E-state index in [0.717, 1.165) is 12.1 Å². The largest absolute Gasteiger partial charge is 0.418 e. The number of anilines is 2. The average molecular weight is 297 g/mol. The van der Waals surface area contributed by atoms with E-state index in [1.807, 2.05) is 5.43 Å². The molecule has 0 radical (unpaired) electrons. The van der Waals surface area contributed by atoms with Crippen LogP contribution in [-0.4, -0.2) is 16.1 Å². The zero-order valence-electron chi connectivity index (χ0n) is 10.5. The molecule has 21 heavy (non-hydrogen) atoms. The Hall–Kier alpha value is -2.68. The maximum Gasteiger partial charge on any atom is 0.418 e. The summed E-state index contributed by atoms with van der Waals surface area (Å²) in [6.45, 7) is 0. The first kappa shape index (κ1) is 14.7. The number of nitrogen functional groups attached to an aromatic ring is 1. The third-order valence-corrected chi connectivity index (χ3v) is 2.57. The van der Waals surface area contributed by atoms with Gasteiger partial charge in [0.15, 0.2) is 5.82 Å². The highest BCUT2D eigenvalue weighted by molar-refractivity contribution is 6.08. The molecule has 110 valence electrons. The molecule has 1 aromatic heterocycles. The number of para-hydroxylation sites is 1. The SMILES string of the molecule is NNc1c(C(=O)Nc2cccnn2)cccc1C(F)(F)F. The van der Waals surface area contributed by atoms with Crippen molar-refractivity contribution in [3.63, 3.8) is 0 Å². The molecule has 1 heterocycles. The Balaban J connectivity index is 2.38. The van der Waals surface area contributed by atoms with Crippen LogP contribution < -0.4 is 16.6 Å². The van der Waals surface area contributed by atoms with Crippen molar-refractivity contribution in [2.24, 2.45) is 5.84 Å². The van der Waals surface area contributed by atoms with Gasteiger partial charge >= 0.3 is 6.18 Å². The van der Waals surface area contributed by atoms with Crippen LogP contribution in [0, 0.1) is 0 Å². The van der Waals surface area contributed by atoms with Gasteiger partial charge in [0.05, 0.1) is 16.8 Å². The summed E-state index contributed by atoms with van der Waals surface area (Å²) in [6, 6.07) is 6.14. The van der Waals surface area contributed by atoms with Gasteiger partial charge in [0.2, 0.25) is 0 Å². The van der Waals surface area contributed by atoms with Gasteiger partial charge in [-0.25, -0.2) is 0 Å². The molecule has 2 aromatic rings. The van der Waals surface area contributed by atoms with E-state index in [1.54, 1.807) is 0 Å². The maximum atomic E-state index is 12.9. The number of halogens is 3. The summed E-state index contributed by atoms with van der Waals surface area (Å²) in [6.07, 6.45) is -3.24. The molecule has 0 saturated carbocycles. The fourth-order valence-corrected chi connectivity index (χ4v) is 1.69. The third kappa shape index (κ3) is 3.26. The van der Waals surface area contributed by atoms with Crippen LogP contribution in [0.2, 0.25) is 0 Å². The van der Waals surface area contributed by atoms with Crippen molar-refractivity contribution in [1.82, 2.24) is 10.2 Å². The molecule has 0 aliphatic carbocycles. The van der Waals surface area contributed by atoms with E-state index in [-0.39, 0.29) is 11.4 Å². The number of nitrogens with one attached hydrogen (secondary N) is 2. The number of alkyl halides is 3. The van der Waals surface area contributed by atoms with Gasteiger partial charge in [-0.2, -0.15) is 18.3 Å². The average Bonchev–Trinajstić information content (AvgIpc) is 2.46. The number of nitrogens with zero attached hydrogens (tertiary/aromatic N) is 2. The van der Waals surface area contributed by atoms with Crippen LogP contribution in [0.4, 0.5) is 24.7 Å². The first-order valence-corrected chi connectivity index (χ1v) is 5.69. The van der Waals surface area contributed by atoms with Crippen molar-refractivity contribution >= 4 is 17.4 Å². The number of benzene rings is 1. The van der Waals surface area contributed by atoms with E-state index < -0.39 is 23.3 Å². The number of carbonyl (C=O) groups is 1. The summed E-state index contributed by atoms with van der Waals surface area (Å²) in [5.74, 6) is 4.45. The minimum Gasteiger partial charge on any atom is -0.323 e. The van der Waals surface area contributed by atoms with Crippen LogP contribution in [0.3, 0.4) is 0 Å². The van der Waals surface area contributed by atoms with Crippen molar-refractivity contribution in [3.8, 4) is 0 Å². The second kappa shape index (κ2) is 5.75. The summed E-state index contributed by atoms with van der Waals surface area (Å²) in [4.78, 5) is 12.0. The van der Waals surface area contributed by atoms with Crippen LogP contribution in [0.5, 0.6) is 0 Å². The highest BCUT2D eigenvalue weighted by Gasteiger charge is 2.35. The van der Waals surface area contributed by atoms with Crippen LogP contribution in [-0.2, 0) is 6.18 Å². The molecule has 0 bridgehead atoms. The minimum absolute atomic E-state index is 0.114. The van der Waals surface area contributed by atoms with Crippen LogP contribution in [0.25, 0.3) is 0 Å². The Morgan fingerprint density at radius 2 is 1.95 bits per heavy atom. The summed E-state index contributed by atoms with van der Waals surface area (Å²) < 4.78 is 38.6. The fraction of sp³-hybridized carbons (Fsp3) is 0.0833. The van der Waals surface area contributed by atoms with Gasteiger partial charge < -0.3 is 10.7 Å². The number of hydrazine groups is 1. The molecule has 4 N–H and O–H groups in total. The zero-order chi connectivity index (χ0) is 15.5. The Labute approximate surface area is 117 Å². The summed E-state index contributed by atoms with van der Waals surface area (Å²) in [5.41, 5.74) is 0.130. The molecule has 0 spiro atoms. The molecule has 0 aliphatic heterocycles. The van der Waals surface area contributed by atoms with Gasteiger partial charge in [0.1, 0.15) is 0 Å². The third-order valence-electron chi connectivity index (χ3n) is 2.57. The number of amides is 1. The minimum atomic E-state index is -4.63. The van der Waals surface area contributed by atoms with Gasteiger partial charge in [-0.1, -0.05) is 6.07 Å². The Morgan fingerprint density at radius 1 is 1.19 bits per heavy atom. The lowest BCUT2D eigenvalue weighted by atomic mass is 10.1. The van der Waals surface area contributed by atoms with Gasteiger partial charge in [-0.3, -0.25) is 10.6 Å². The Bertz CT molecular complexity index is 645. The predicted octanol–water partition coefficient (Wildman–Crippen LogP) is 2.03. The van der Waals surface area contributed by atoms with E-state index in [2.05, 4.69) is 15.5 Å². The maximum absolute atomic E-state index is 12.9. The molecule has 2 rings (SSSR count). The molecule has 0 saturated heterocycles. The number of hydrogen-bond acceptors (Lipinski definition) is 5. The van der Waals surface area contributed by atoms with E-state index in [9.17, 15) is 18.0 Å². The number of aromatic nitrogens is 2. The number of hydrogen-bond donors (Lipinski definition) is 3. The highest BCUT2D eigenvalue weighted by atomic mass is 19.4. The summed E-state index contributed by atoms with van der Waals surface area (Å²) >= 11 is 0. The summed E-state index contributed by atoms with van der Waals surface area (Å²) in [5, 5.41) is 9.50. The van der Waals surface area contributed by atoms with Gasteiger partial charge in [-0.05, 0) is 24.3 Å². The number of carbonyl (C=O) groups excluding carboxylic acids is 1. The van der Waals surface area contributed by atoms with Gasteiger partial charge in [0, 0.05) is 6.20 Å². The van der Waals surface area contributed by atoms with Crippen LogP contribution >= 0.6 is 0 Å². The standard InChI is InChI=1S/C12H10F3N5O/c13-12(14,15)8-4-1-3-7(10(8)19-16)11(21)18-9-5-2-6-17-20-9/h1-6,19H,16H2,(H,18,20,21). The van der Waals surface area contributed by atoms with Crippen molar-refractivity contribution in [3.05, 3.63) is 47.7 Å². The van der Waals surface area contributed by atoms with E-state index in [0.29, 0.717) is 0 Å². The Morgan fingerprint density at radius 3 is 2.52 bits per heavy atom. The lowest BCUT2D eigenvalue weighted by Crippen LogP contribution is -2.21. The monoisotopic (exact) mass is 297 g/mol. The molecular weight excluding hydrogens is 287 g/mol. The highest BCUT2D eigenvalue weighted by Crippen LogP contribution is 2.36.